The van der Waals surface area contributed by atoms with E-state index in [2.05, 4.69) is 16.0 Å². The summed E-state index contributed by atoms with van der Waals surface area (Å²) in [4.78, 5) is 60.8. The minimum atomic E-state index is -0.716. The molecular formula is C34H51N5O5. The third kappa shape index (κ3) is 8.20. The van der Waals surface area contributed by atoms with Gasteiger partial charge in [0.05, 0.1) is 11.6 Å². The van der Waals surface area contributed by atoms with Gasteiger partial charge in [0.25, 0.3) is 0 Å². The lowest BCUT2D eigenvalue weighted by Gasteiger charge is -2.40. The zero-order valence-electron chi connectivity index (χ0n) is 26.9. The number of nitrogens with zero attached hydrogens (tertiary/aromatic N) is 2. The summed E-state index contributed by atoms with van der Waals surface area (Å²) < 4.78 is 1.70. The molecule has 0 radical (unpaired) electrons. The highest BCUT2D eigenvalue weighted by atomic mass is 16.6. The van der Waals surface area contributed by atoms with Crippen molar-refractivity contribution >= 4 is 34.4 Å². The number of Topliss-reactive ketones (excluding diaryl/α,β-unsaturated/α-hetero) is 1. The first-order valence-electron chi connectivity index (χ1n) is 16.6. The minimum Gasteiger partial charge on any atom is -0.417 e. The van der Waals surface area contributed by atoms with Crippen molar-refractivity contribution in [2.45, 2.75) is 116 Å². The summed E-state index contributed by atoms with van der Waals surface area (Å²) in [6.45, 7) is 6.80. The predicted molar refractivity (Wildman–Crippen MR) is 171 cm³/mol. The van der Waals surface area contributed by atoms with Gasteiger partial charge in [-0.15, -0.1) is 0 Å². The maximum atomic E-state index is 14.0. The van der Waals surface area contributed by atoms with E-state index in [1.54, 1.807) is 16.7 Å². The number of hydrogen-bond donors (Lipinski definition) is 3. The van der Waals surface area contributed by atoms with Crippen LogP contribution in [-0.2, 0) is 25.6 Å². The summed E-state index contributed by atoms with van der Waals surface area (Å²) in [7, 11) is 1.61. The Morgan fingerprint density at radius 2 is 1.84 bits per heavy atom. The molecule has 3 N–H and O–H groups in total. The number of carbonyl (C=O) groups is 4. The lowest BCUT2D eigenvalue weighted by Crippen LogP contribution is -2.63. The van der Waals surface area contributed by atoms with E-state index in [-0.39, 0.29) is 35.5 Å². The van der Waals surface area contributed by atoms with Crippen LogP contribution in [0.4, 0.5) is 0 Å². The van der Waals surface area contributed by atoms with E-state index in [1.165, 1.54) is 0 Å². The predicted octanol–water partition coefficient (Wildman–Crippen LogP) is 3.54. The SMILES string of the molecule is CCC(=O)CCCCC[C@H]1CN[C@@H](Cc2cn(OC)c3ccccc23)C(=O)N[C@@H](C(C)CC)C(=O)N2CCCC[C@@H]2C(=O)N1. The molecule has 0 spiro atoms. The standard InChI is InChI=1S/C34H51N5O5/c1-5-23(3)31-34(43)38-19-13-12-18-30(38)33(42)36-25(14-8-7-9-15-26(40)6-2)21-35-28(32(41)37-31)20-24-22-39(44-4)29-17-11-10-16-27(24)29/h10-11,16-17,22-23,25,28,30-31,35H,5-9,12-15,18-21H2,1-4H3,(H,36,42)(H,37,41)/t23?,25-,28-,30+,31-/m0/s1. The van der Waals surface area contributed by atoms with Crippen LogP contribution in [0.15, 0.2) is 30.5 Å². The smallest absolute Gasteiger partial charge is 0.246 e. The van der Waals surface area contributed by atoms with Gasteiger partial charge in [-0.1, -0.05) is 58.2 Å². The van der Waals surface area contributed by atoms with Crippen LogP contribution in [0.5, 0.6) is 0 Å². The molecule has 1 aromatic heterocycles. The number of carbonyl (C=O) groups excluding carboxylic acids is 4. The number of piperidine rings is 1. The van der Waals surface area contributed by atoms with Crippen molar-refractivity contribution in [3.05, 3.63) is 36.0 Å². The first-order chi connectivity index (χ1) is 21.3. The van der Waals surface area contributed by atoms with Crippen molar-refractivity contribution in [1.82, 2.24) is 25.6 Å². The van der Waals surface area contributed by atoms with Gasteiger partial charge >= 0.3 is 0 Å². The molecule has 0 bridgehead atoms. The average molecular weight is 610 g/mol. The molecule has 2 saturated heterocycles. The van der Waals surface area contributed by atoms with Crippen LogP contribution in [0.25, 0.3) is 10.9 Å². The van der Waals surface area contributed by atoms with Gasteiger partial charge in [-0.2, -0.15) is 4.73 Å². The van der Waals surface area contributed by atoms with Gasteiger partial charge in [-0.05, 0) is 56.1 Å². The van der Waals surface area contributed by atoms with Crippen molar-refractivity contribution in [1.29, 1.82) is 0 Å². The highest BCUT2D eigenvalue weighted by Gasteiger charge is 2.39. The van der Waals surface area contributed by atoms with Crippen molar-refractivity contribution in [2.75, 3.05) is 20.2 Å². The van der Waals surface area contributed by atoms with Crippen LogP contribution < -0.4 is 20.8 Å². The number of fused-ring (bicyclic) bond motifs is 2. The summed E-state index contributed by atoms with van der Waals surface area (Å²) >= 11 is 0. The van der Waals surface area contributed by atoms with Gasteiger partial charge in [0.1, 0.15) is 25.0 Å². The lowest BCUT2D eigenvalue weighted by molar-refractivity contribution is -0.146. The molecule has 2 aliphatic rings. The second kappa shape index (κ2) is 16.1. The number of rotatable bonds is 12. The number of ketones is 1. The first kappa shape index (κ1) is 33.5. The number of aromatic nitrogens is 1. The van der Waals surface area contributed by atoms with Gasteiger partial charge < -0.3 is 25.7 Å². The molecule has 44 heavy (non-hydrogen) atoms. The Hall–Kier alpha value is -3.40. The second-order valence-corrected chi connectivity index (χ2v) is 12.5. The van der Waals surface area contributed by atoms with Crippen LogP contribution in [0.3, 0.4) is 0 Å². The molecule has 2 fully saturated rings. The van der Waals surface area contributed by atoms with E-state index in [0.717, 1.165) is 48.6 Å². The van der Waals surface area contributed by atoms with Gasteiger partial charge in [0, 0.05) is 43.6 Å². The van der Waals surface area contributed by atoms with Crippen molar-refractivity contribution in [3.63, 3.8) is 0 Å². The summed E-state index contributed by atoms with van der Waals surface area (Å²) in [6, 6.07) is 5.79. The van der Waals surface area contributed by atoms with Crippen molar-refractivity contribution in [3.8, 4) is 0 Å². The van der Waals surface area contributed by atoms with Crippen LogP contribution in [0, 0.1) is 5.92 Å². The summed E-state index contributed by atoms with van der Waals surface area (Å²) in [6.07, 6.45) is 9.77. The fourth-order valence-electron chi connectivity index (χ4n) is 6.47. The topological polar surface area (TPSA) is 122 Å². The molecule has 2 aromatic rings. The summed E-state index contributed by atoms with van der Waals surface area (Å²) in [5.74, 6) is -0.355. The van der Waals surface area contributed by atoms with E-state index < -0.39 is 18.1 Å². The largest absolute Gasteiger partial charge is 0.417 e. The summed E-state index contributed by atoms with van der Waals surface area (Å²) in [5, 5.41) is 10.8. The highest BCUT2D eigenvalue weighted by Crippen LogP contribution is 2.24. The third-order valence-corrected chi connectivity index (χ3v) is 9.42. The monoisotopic (exact) mass is 609 g/mol. The fraction of sp³-hybridized carbons (Fsp3) is 0.647. The van der Waals surface area contributed by atoms with Crippen LogP contribution in [0.2, 0.25) is 0 Å². The molecule has 0 saturated carbocycles. The maximum absolute atomic E-state index is 14.0. The third-order valence-electron chi connectivity index (χ3n) is 9.42. The van der Waals surface area contributed by atoms with Gasteiger partial charge in [-0.25, -0.2) is 0 Å². The minimum absolute atomic E-state index is 0.0941. The molecule has 4 rings (SSSR count). The maximum Gasteiger partial charge on any atom is 0.246 e. The molecule has 10 nitrogen and oxygen atoms in total. The Balaban J connectivity index is 1.61. The number of hydrogen-bond acceptors (Lipinski definition) is 6. The molecule has 1 unspecified atom stereocenters. The number of para-hydroxylation sites is 1. The van der Waals surface area contributed by atoms with Crippen molar-refractivity contribution < 1.29 is 24.0 Å². The molecule has 2 aliphatic heterocycles. The quantitative estimate of drug-likeness (QED) is 0.317. The lowest BCUT2D eigenvalue weighted by atomic mass is 9.93. The van der Waals surface area contributed by atoms with Crippen LogP contribution >= 0.6 is 0 Å². The van der Waals surface area contributed by atoms with Gasteiger partial charge in [0.2, 0.25) is 17.7 Å². The van der Waals surface area contributed by atoms with Crippen molar-refractivity contribution in [2.24, 2.45) is 5.92 Å². The van der Waals surface area contributed by atoms with E-state index >= 15 is 0 Å². The molecule has 5 atom stereocenters. The number of benzene rings is 1. The number of nitrogens with one attached hydrogen (secondary N) is 3. The van der Waals surface area contributed by atoms with E-state index in [1.807, 2.05) is 51.2 Å². The number of amides is 3. The highest BCUT2D eigenvalue weighted by molar-refractivity contribution is 5.94. The number of unbranched alkanes of at least 4 members (excludes halogenated alkanes) is 2. The molecule has 242 valence electrons. The first-order valence-corrected chi connectivity index (χ1v) is 16.6. The second-order valence-electron chi connectivity index (χ2n) is 12.5. The van der Waals surface area contributed by atoms with E-state index in [0.29, 0.717) is 51.6 Å². The molecular weight excluding hydrogens is 558 g/mol. The zero-order chi connectivity index (χ0) is 31.6. The molecule has 3 amide bonds. The van der Waals surface area contributed by atoms with Crippen LogP contribution in [0.1, 0.15) is 90.5 Å². The normalized spacial score (nSPS) is 24.1. The van der Waals surface area contributed by atoms with E-state index in [4.69, 9.17) is 4.84 Å². The van der Waals surface area contributed by atoms with Gasteiger partial charge in [0.15, 0.2) is 0 Å². The Morgan fingerprint density at radius 3 is 2.59 bits per heavy atom. The molecule has 0 aliphatic carbocycles. The average Bonchev–Trinajstić information content (AvgIpc) is 3.40. The molecule has 10 heteroatoms. The molecule has 1 aromatic carbocycles. The van der Waals surface area contributed by atoms with E-state index in [9.17, 15) is 19.2 Å². The zero-order valence-corrected chi connectivity index (χ0v) is 26.9. The fourth-order valence-corrected chi connectivity index (χ4v) is 6.47. The van der Waals surface area contributed by atoms with Crippen LogP contribution in [-0.4, -0.2) is 77.5 Å². The summed E-state index contributed by atoms with van der Waals surface area (Å²) in [5.41, 5.74) is 1.86. The molecule has 3 heterocycles. The Kier molecular flexibility index (Phi) is 12.2. The van der Waals surface area contributed by atoms with Gasteiger partial charge in [-0.3, -0.25) is 19.2 Å². The Morgan fingerprint density at radius 1 is 1.05 bits per heavy atom. The Labute approximate surface area is 261 Å². The Bertz CT molecular complexity index is 1290.